The fraction of sp³-hybridized carbons (Fsp3) is 0.133. The van der Waals surface area contributed by atoms with E-state index in [9.17, 15) is 4.79 Å². The molecule has 21 heavy (non-hydrogen) atoms. The molecule has 0 aromatic heterocycles. The van der Waals surface area contributed by atoms with Gasteiger partial charge in [-0.2, -0.15) is 0 Å². The van der Waals surface area contributed by atoms with Gasteiger partial charge in [0.05, 0.1) is 10.7 Å². The Morgan fingerprint density at radius 3 is 2.67 bits per heavy atom. The number of nitrogens with one attached hydrogen (secondary N) is 1. The topological polar surface area (TPSA) is 58.4 Å². The summed E-state index contributed by atoms with van der Waals surface area (Å²) >= 11 is 12.0. The molecule has 3 rings (SSSR count). The third-order valence-electron chi connectivity index (χ3n) is 3.41. The molecule has 1 aliphatic rings. The number of anilines is 2. The Morgan fingerprint density at radius 2 is 1.86 bits per heavy atom. The molecule has 2 amide bonds. The Hall–Kier alpha value is -1.91. The van der Waals surface area contributed by atoms with Gasteiger partial charge >= 0.3 is 6.03 Å². The van der Waals surface area contributed by atoms with Crippen molar-refractivity contribution in [1.82, 2.24) is 4.90 Å². The Balaban J connectivity index is 1.74. The number of nitrogen functional groups attached to an aromatic ring is 1. The number of amides is 2. The minimum atomic E-state index is -0.214. The number of halogens is 2. The average Bonchev–Trinajstić information content (AvgIpc) is 2.86. The second kappa shape index (κ2) is 5.47. The van der Waals surface area contributed by atoms with Crippen LogP contribution >= 0.6 is 23.2 Å². The van der Waals surface area contributed by atoms with Crippen LogP contribution in [-0.2, 0) is 13.1 Å². The number of hydrogen-bond acceptors (Lipinski definition) is 2. The third kappa shape index (κ3) is 2.91. The first-order chi connectivity index (χ1) is 10.0. The summed E-state index contributed by atoms with van der Waals surface area (Å²) in [5.41, 5.74) is 9.15. The van der Waals surface area contributed by atoms with Crippen LogP contribution in [0.25, 0.3) is 0 Å². The summed E-state index contributed by atoms with van der Waals surface area (Å²) in [7, 11) is 0. The van der Waals surface area contributed by atoms with Gasteiger partial charge in [0.1, 0.15) is 0 Å². The lowest BCUT2D eigenvalue weighted by Gasteiger charge is -2.17. The lowest BCUT2D eigenvalue weighted by atomic mass is 10.1. The molecule has 1 heterocycles. The molecule has 108 valence electrons. The normalized spacial score (nSPS) is 13.1. The largest absolute Gasteiger partial charge is 0.399 e. The number of nitrogens with two attached hydrogens (primary N) is 1. The second-order valence-corrected chi connectivity index (χ2v) is 5.78. The van der Waals surface area contributed by atoms with Crippen LogP contribution in [0.4, 0.5) is 16.2 Å². The maximum Gasteiger partial charge on any atom is 0.322 e. The first kappa shape index (κ1) is 14.0. The van der Waals surface area contributed by atoms with E-state index in [0.717, 1.165) is 11.1 Å². The van der Waals surface area contributed by atoms with Crippen LogP contribution in [0.3, 0.4) is 0 Å². The molecule has 4 nitrogen and oxygen atoms in total. The number of nitrogens with zero attached hydrogens (tertiary/aromatic N) is 1. The predicted octanol–water partition coefficient (Wildman–Crippen LogP) is 4.12. The van der Waals surface area contributed by atoms with E-state index in [-0.39, 0.29) is 6.03 Å². The van der Waals surface area contributed by atoms with Gasteiger partial charge in [-0.05, 0) is 41.5 Å². The number of carbonyl (C=O) groups excluding carboxylic acids is 1. The highest BCUT2D eigenvalue weighted by atomic mass is 35.5. The second-order valence-electron chi connectivity index (χ2n) is 4.94. The van der Waals surface area contributed by atoms with Gasteiger partial charge in [0.2, 0.25) is 0 Å². The summed E-state index contributed by atoms with van der Waals surface area (Å²) in [6.07, 6.45) is 0. The number of hydrogen-bond donors (Lipinski definition) is 2. The predicted molar refractivity (Wildman–Crippen MR) is 85.6 cm³/mol. The molecule has 2 aromatic carbocycles. The maximum absolute atomic E-state index is 12.3. The molecule has 0 unspecified atom stereocenters. The smallest absolute Gasteiger partial charge is 0.322 e. The SMILES string of the molecule is Nc1ccc2c(c1)CN(C(=O)Nc1cc(Cl)ccc1Cl)C2. The summed E-state index contributed by atoms with van der Waals surface area (Å²) < 4.78 is 0. The molecule has 0 fully saturated rings. The molecule has 2 aromatic rings. The molecule has 0 aliphatic carbocycles. The average molecular weight is 322 g/mol. The van der Waals surface area contributed by atoms with Crippen molar-refractivity contribution in [2.45, 2.75) is 13.1 Å². The Labute approximate surface area is 132 Å². The quantitative estimate of drug-likeness (QED) is 0.776. The van der Waals surface area contributed by atoms with Crippen LogP contribution < -0.4 is 11.1 Å². The van der Waals surface area contributed by atoms with Gasteiger partial charge < -0.3 is 16.0 Å². The van der Waals surface area contributed by atoms with Crippen molar-refractivity contribution in [1.29, 1.82) is 0 Å². The summed E-state index contributed by atoms with van der Waals surface area (Å²) in [4.78, 5) is 14.0. The van der Waals surface area contributed by atoms with Crippen LogP contribution in [0.1, 0.15) is 11.1 Å². The lowest BCUT2D eigenvalue weighted by molar-refractivity contribution is 0.212. The van der Waals surface area contributed by atoms with Crippen LogP contribution in [0.15, 0.2) is 36.4 Å². The van der Waals surface area contributed by atoms with E-state index >= 15 is 0 Å². The molecular weight excluding hydrogens is 309 g/mol. The van der Waals surface area contributed by atoms with E-state index < -0.39 is 0 Å². The van der Waals surface area contributed by atoms with E-state index in [2.05, 4.69) is 5.32 Å². The summed E-state index contributed by atoms with van der Waals surface area (Å²) in [6, 6.07) is 10.4. The standard InChI is InChI=1S/C15H13Cl2N3O/c16-11-2-4-13(17)14(6-11)19-15(21)20-7-9-1-3-12(18)5-10(9)8-20/h1-6H,7-8,18H2,(H,19,21). The van der Waals surface area contributed by atoms with Crippen LogP contribution in [-0.4, -0.2) is 10.9 Å². The van der Waals surface area contributed by atoms with Crippen LogP contribution in [0.5, 0.6) is 0 Å². The molecule has 0 radical (unpaired) electrons. The van der Waals surface area contributed by atoms with E-state index in [1.165, 1.54) is 0 Å². The highest BCUT2D eigenvalue weighted by Gasteiger charge is 2.23. The monoisotopic (exact) mass is 321 g/mol. The minimum Gasteiger partial charge on any atom is -0.399 e. The molecule has 6 heteroatoms. The van der Waals surface area contributed by atoms with Gasteiger partial charge in [-0.25, -0.2) is 4.79 Å². The van der Waals surface area contributed by atoms with Gasteiger partial charge in [0, 0.05) is 23.8 Å². The first-order valence-corrected chi connectivity index (χ1v) is 7.17. The van der Waals surface area contributed by atoms with Crippen molar-refractivity contribution in [2.75, 3.05) is 11.1 Å². The zero-order chi connectivity index (χ0) is 15.0. The molecule has 0 spiro atoms. The van der Waals surface area contributed by atoms with E-state index in [1.807, 2.05) is 18.2 Å². The molecule has 0 bridgehead atoms. The van der Waals surface area contributed by atoms with Gasteiger partial charge in [-0.1, -0.05) is 29.3 Å². The zero-order valence-corrected chi connectivity index (χ0v) is 12.6. The third-order valence-corrected chi connectivity index (χ3v) is 3.97. The maximum atomic E-state index is 12.3. The fourth-order valence-corrected chi connectivity index (χ4v) is 2.68. The molecular formula is C15H13Cl2N3O. The van der Waals surface area contributed by atoms with Crippen molar-refractivity contribution in [3.63, 3.8) is 0 Å². The molecule has 0 saturated heterocycles. The Morgan fingerprint density at radius 1 is 1.10 bits per heavy atom. The molecule has 0 atom stereocenters. The number of carbonyl (C=O) groups is 1. The van der Waals surface area contributed by atoms with Gasteiger partial charge in [0.15, 0.2) is 0 Å². The number of benzene rings is 2. The summed E-state index contributed by atoms with van der Waals surface area (Å²) in [5, 5.41) is 3.75. The molecule has 3 N–H and O–H groups in total. The number of rotatable bonds is 1. The van der Waals surface area contributed by atoms with Crippen LogP contribution in [0, 0.1) is 0 Å². The van der Waals surface area contributed by atoms with Crippen molar-refractivity contribution in [2.24, 2.45) is 0 Å². The minimum absolute atomic E-state index is 0.214. The van der Waals surface area contributed by atoms with Gasteiger partial charge in [0.25, 0.3) is 0 Å². The molecule has 0 saturated carbocycles. The Bertz CT molecular complexity index is 718. The van der Waals surface area contributed by atoms with Crippen LogP contribution in [0.2, 0.25) is 10.0 Å². The Kier molecular flexibility index (Phi) is 3.66. The van der Waals surface area contributed by atoms with Gasteiger partial charge in [-0.15, -0.1) is 0 Å². The van der Waals surface area contributed by atoms with E-state index in [0.29, 0.717) is 34.5 Å². The van der Waals surface area contributed by atoms with Crippen molar-refractivity contribution in [3.05, 3.63) is 57.6 Å². The summed E-state index contributed by atoms with van der Waals surface area (Å²) in [6.45, 7) is 1.09. The number of fused-ring (bicyclic) bond motifs is 1. The highest BCUT2D eigenvalue weighted by molar-refractivity contribution is 6.35. The van der Waals surface area contributed by atoms with Crippen molar-refractivity contribution in [3.8, 4) is 0 Å². The van der Waals surface area contributed by atoms with Crippen molar-refractivity contribution < 1.29 is 4.79 Å². The van der Waals surface area contributed by atoms with Gasteiger partial charge in [-0.3, -0.25) is 0 Å². The highest BCUT2D eigenvalue weighted by Crippen LogP contribution is 2.28. The van der Waals surface area contributed by atoms with E-state index in [4.69, 9.17) is 28.9 Å². The molecule has 1 aliphatic heterocycles. The first-order valence-electron chi connectivity index (χ1n) is 6.41. The zero-order valence-electron chi connectivity index (χ0n) is 11.1. The van der Waals surface area contributed by atoms with E-state index in [1.54, 1.807) is 23.1 Å². The fourth-order valence-electron chi connectivity index (χ4n) is 2.35. The summed E-state index contributed by atoms with van der Waals surface area (Å²) in [5.74, 6) is 0. The number of urea groups is 1. The van der Waals surface area contributed by atoms with Crippen molar-refractivity contribution >= 4 is 40.6 Å². The lowest BCUT2D eigenvalue weighted by Crippen LogP contribution is -2.30.